The summed E-state index contributed by atoms with van der Waals surface area (Å²) in [5.41, 5.74) is 1.35. The summed E-state index contributed by atoms with van der Waals surface area (Å²) in [6.07, 6.45) is 3.05. The van der Waals surface area contributed by atoms with Crippen LogP contribution in [0, 0.1) is 0 Å². The summed E-state index contributed by atoms with van der Waals surface area (Å²) in [5, 5.41) is 3.28. The van der Waals surface area contributed by atoms with Gasteiger partial charge in [0.15, 0.2) is 0 Å². The zero-order chi connectivity index (χ0) is 16.9. The number of halogens is 1. The van der Waals surface area contributed by atoms with Crippen molar-refractivity contribution in [3.63, 3.8) is 0 Å². The molecule has 5 nitrogen and oxygen atoms in total. The molecule has 0 aliphatic heterocycles. The molecular weight excluding hydrogens is 336 g/mol. The first-order valence-electron chi connectivity index (χ1n) is 6.69. The van der Waals surface area contributed by atoms with Gasteiger partial charge >= 0.3 is 0 Å². The molecule has 0 saturated heterocycles. The third-order valence-electron chi connectivity index (χ3n) is 3.00. The van der Waals surface area contributed by atoms with Crippen molar-refractivity contribution in [1.29, 1.82) is 0 Å². The van der Waals surface area contributed by atoms with Gasteiger partial charge in [-0.15, -0.1) is 0 Å². The third-order valence-corrected chi connectivity index (χ3v) is 4.68. The molecule has 0 radical (unpaired) electrons. The second-order valence-corrected chi connectivity index (χ2v) is 6.93. The molecule has 0 unspecified atom stereocenters. The minimum absolute atomic E-state index is 0.134. The van der Waals surface area contributed by atoms with Crippen LogP contribution in [0.3, 0.4) is 0 Å². The number of hydrogen-bond acceptors (Lipinski definition) is 3. The van der Waals surface area contributed by atoms with E-state index in [9.17, 15) is 13.2 Å². The molecule has 2 aromatic rings. The Morgan fingerprint density at radius 3 is 2.22 bits per heavy atom. The molecule has 0 aromatic heterocycles. The first-order chi connectivity index (χ1) is 10.9. The van der Waals surface area contributed by atoms with Gasteiger partial charge in [0.05, 0.1) is 4.90 Å². The van der Waals surface area contributed by atoms with Gasteiger partial charge in [-0.1, -0.05) is 23.7 Å². The topological polar surface area (TPSA) is 75.3 Å². The van der Waals surface area contributed by atoms with Crippen molar-refractivity contribution in [2.45, 2.75) is 4.90 Å². The number of carbonyl (C=O) groups excluding carboxylic acids is 1. The van der Waals surface area contributed by atoms with E-state index < -0.39 is 10.0 Å². The number of anilines is 1. The molecule has 0 heterocycles. The van der Waals surface area contributed by atoms with E-state index in [0.29, 0.717) is 10.7 Å². The second kappa shape index (κ2) is 7.41. The van der Waals surface area contributed by atoms with E-state index in [4.69, 9.17) is 11.6 Å². The standard InChI is InChI=1S/C16H15ClN2O3S/c1-18-23(21,22)15-9-7-14(8-10-15)19-16(20)11-4-12-2-5-13(17)6-3-12/h2-11,18H,1H3,(H,19,20)/b11-4+. The van der Waals surface area contributed by atoms with Crippen LogP contribution < -0.4 is 10.0 Å². The number of hydrogen-bond donors (Lipinski definition) is 2. The van der Waals surface area contributed by atoms with Crippen molar-refractivity contribution in [3.8, 4) is 0 Å². The molecule has 1 amide bonds. The van der Waals surface area contributed by atoms with Crippen LogP contribution in [0.4, 0.5) is 5.69 Å². The Balaban J connectivity index is 2.01. The van der Waals surface area contributed by atoms with Crippen LogP contribution in [0.1, 0.15) is 5.56 Å². The van der Waals surface area contributed by atoms with Crippen LogP contribution in [0.2, 0.25) is 5.02 Å². The lowest BCUT2D eigenvalue weighted by molar-refractivity contribution is -0.111. The van der Waals surface area contributed by atoms with E-state index in [1.165, 1.54) is 37.4 Å². The fourth-order valence-corrected chi connectivity index (χ4v) is 2.62. The normalized spacial score (nSPS) is 11.6. The maximum Gasteiger partial charge on any atom is 0.248 e. The summed E-state index contributed by atoms with van der Waals surface area (Å²) >= 11 is 5.79. The van der Waals surface area contributed by atoms with Crippen LogP contribution in [0.25, 0.3) is 6.08 Å². The van der Waals surface area contributed by atoms with Gasteiger partial charge in [-0.3, -0.25) is 4.79 Å². The Morgan fingerprint density at radius 1 is 1.04 bits per heavy atom. The summed E-state index contributed by atoms with van der Waals surface area (Å²) in [4.78, 5) is 12.0. The van der Waals surface area contributed by atoms with E-state index in [-0.39, 0.29) is 10.8 Å². The maximum absolute atomic E-state index is 11.8. The van der Waals surface area contributed by atoms with Crippen molar-refractivity contribution in [3.05, 3.63) is 65.2 Å². The number of rotatable bonds is 5. The largest absolute Gasteiger partial charge is 0.323 e. The van der Waals surface area contributed by atoms with Crippen molar-refractivity contribution in [2.24, 2.45) is 0 Å². The van der Waals surface area contributed by atoms with Crippen molar-refractivity contribution in [1.82, 2.24) is 4.72 Å². The molecule has 0 bridgehead atoms. The number of carbonyl (C=O) groups is 1. The Bertz CT molecular complexity index is 813. The van der Waals surface area contributed by atoms with Crippen molar-refractivity contribution >= 4 is 39.3 Å². The molecule has 2 N–H and O–H groups in total. The molecule has 23 heavy (non-hydrogen) atoms. The lowest BCUT2D eigenvalue weighted by Gasteiger charge is -2.05. The smallest absolute Gasteiger partial charge is 0.248 e. The number of sulfonamides is 1. The van der Waals surface area contributed by atoms with Crippen LogP contribution in [-0.2, 0) is 14.8 Å². The highest BCUT2D eigenvalue weighted by atomic mass is 35.5. The van der Waals surface area contributed by atoms with E-state index in [1.54, 1.807) is 30.3 Å². The lowest BCUT2D eigenvalue weighted by Crippen LogP contribution is -2.18. The van der Waals surface area contributed by atoms with Crippen LogP contribution in [0.5, 0.6) is 0 Å². The highest BCUT2D eigenvalue weighted by Crippen LogP contribution is 2.14. The number of amides is 1. The Morgan fingerprint density at radius 2 is 1.65 bits per heavy atom. The van der Waals surface area contributed by atoms with Gasteiger partial charge in [-0.2, -0.15) is 0 Å². The summed E-state index contributed by atoms with van der Waals surface area (Å²) in [7, 11) is -2.14. The molecule has 0 aliphatic rings. The van der Waals surface area contributed by atoms with Gasteiger partial charge in [0.2, 0.25) is 15.9 Å². The maximum atomic E-state index is 11.8. The summed E-state index contributed by atoms with van der Waals surface area (Å²) in [6.45, 7) is 0. The molecule has 2 rings (SSSR count). The zero-order valence-corrected chi connectivity index (χ0v) is 13.9. The molecule has 0 fully saturated rings. The predicted octanol–water partition coefficient (Wildman–Crippen LogP) is 2.90. The lowest BCUT2D eigenvalue weighted by atomic mass is 10.2. The summed E-state index contributed by atoms with van der Waals surface area (Å²) in [6, 6.07) is 13.0. The van der Waals surface area contributed by atoms with Gasteiger partial charge in [0.1, 0.15) is 0 Å². The summed E-state index contributed by atoms with van der Waals surface area (Å²) in [5.74, 6) is -0.316. The fraction of sp³-hybridized carbons (Fsp3) is 0.0625. The third kappa shape index (κ3) is 4.92. The van der Waals surface area contributed by atoms with Crippen molar-refractivity contribution < 1.29 is 13.2 Å². The van der Waals surface area contributed by atoms with Gasteiger partial charge in [0, 0.05) is 16.8 Å². The molecule has 7 heteroatoms. The highest BCUT2D eigenvalue weighted by Gasteiger charge is 2.10. The Labute approximate surface area is 140 Å². The van der Waals surface area contributed by atoms with Gasteiger partial charge < -0.3 is 5.32 Å². The fourth-order valence-electron chi connectivity index (χ4n) is 1.77. The van der Waals surface area contributed by atoms with Gasteiger partial charge in [-0.25, -0.2) is 13.1 Å². The molecule has 120 valence electrons. The quantitative estimate of drug-likeness (QED) is 0.814. The van der Waals surface area contributed by atoms with Gasteiger partial charge in [0.25, 0.3) is 0 Å². The molecule has 2 aromatic carbocycles. The van der Waals surface area contributed by atoms with Crippen LogP contribution in [-0.4, -0.2) is 21.4 Å². The Kier molecular flexibility index (Phi) is 5.54. The van der Waals surface area contributed by atoms with E-state index in [1.807, 2.05) is 0 Å². The average molecular weight is 351 g/mol. The van der Waals surface area contributed by atoms with E-state index in [0.717, 1.165) is 5.56 Å². The first-order valence-corrected chi connectivity index (χ1v) is 8.55. The molecule has 0 saturated carbocycles. The average Bonchev–Trinajstić information content (AvgIpc) is 2.55. The number of nitrogens with one attached hydrogen (secondary N) is 2. The first kappa shape index (κ1) is 17.2. The monoisotopic (exact) mass is 350 g/mol. The molecule has 0 spiro atoms. The van der Waals surface area contributed by atoms with Crippen molar-refractivity contribution in [2.75, 3.05) is 12.4 Å². The minimum atomic E-state index is -3.48. The molecule has 0 atom stereocenters. The van der Waals surface area contributed by atoms with E-state index in [2.05, 4.69) is 10.0 Å². The SMILES string of the molecule is CNS(=O)(=O)c1ccc(NC(=O)/C=C/c2ccc(Cl)cc2)cc1. The minimum Gasteiger partial charge on any atom is -0.323 e. The summed E-state index contributed by atoms with van der Waals surface area (Å²) < 4.78 is 25.4. The molecular formula is C16H15ClN2O3S. The zero-order valence-electron chi connectivity index (χ0n) is 12.3. The van der Waals surface area contributed by atoms with Crippen LogP contribution in [0.15, 0.2) is 59.5 Å². The Hall–Kier alpha value is -2.15. The number of benzene rings is 2. The second-order valence-electron chi connectivity index (χ2n) is 4.61. The predicted molar refractivity (Wildman–Crippen MR) is 91.8 cm³/mol. The van der Waals surface area contributed by atoms with Gasteiger partial charge in [-0.05, 0) is 55.1 Å². The molecule has 0 aliphatic carbocycles. The van der Waals surface area contributed by atoms with Crippen LogP contribution >= 0.6 is 11.6 Å². The highest BCUT2D eigenvalue weighted by molar-refractivity contribution is 7.89. The van der Waals surface area contributed by atoms with E-state index >= 15 is 0 Å².